The minimum Gasteiger partial charge on any atom is -0.309 e. The maximum absolute atomic E-state index is 5.66. The normalized spacial score (nSPS) is 13.2. The molecule has 4 nitrogen and oxygen atoms in total. The van der Waals surface area contributed by atoms with Gasteiger partial charge in [0.15, 0.2) is 0 Å². The molecule has 0 radical (unpaired) electrons. The first-order valence-electron chi connectivity index (χ1n) is 23.7. The molecule has 67 heavy (non-hydrogen) atoms. The van der Waals surface area contributed by atoms with E-state index in [9.17, 15) is 0 Å². The highest BCUT2D eigenvalue weighted by molar-refractivity contribution is 6.40. The molecular weight excluding hydrogens is 813 g/mol. The Kier molecular flexibility index (Phi) is 6.94. The van der Waals surface area contributed by atoms with Gasteiger partial charge in [-0.05, 0) is 116 Å². The number of fused-ring (bicyclic) bond motifs is 20. The molecule has 0 unspecified atom stereocenters. The van der Waals surface area contributed by atoms with Crippen molar-refractivity contribution >= 4 is 120 Å². The van der Waals surface area contributed by atoms with Gasteiger partial charge in [-0.2, -0.15) is 0 Å². The lowest BCUT2D eigenvalue weighted by Gasteiger charge is -2.19. The molecule has 0 spiro atoms. The Morgan fingerprint density at radius 3 is 1.75 bits per heavy atom. The van der Waals surface area contributed by atoms with Crippen LogP contribution in [0.4, 0.5) is 0 Å². The molecule has 0 aliphatic heterocycles. The largest absolute Gasteiger partial charge is 0.309 e. The number of para-hydroxylation sites is 2. The molecule has 0 amide bonds. The first-order chi connectivity index (χ1) is 32.5. The predicted octanol–water partition coefficient (Wildman–Crippen LogP) is 17.0. The maximum Gasteiger partial charge on any atom is 0.146 e. The first-order valence-corrected chi connectivity index (χ1v) is 23.7. The van der Waals surface area contributed by atoms with Crippen LogP contribution in [0.15, 0.2) is 170 Å². The standard InChI is InChI=1S/C63H46N4/c1-62(2,3)38-25-27-52-46(31-38)47-30-36-17-11-13-21-42(36)55-57-53(66(52)60(47)55)34-64-61-56(57)49-33-39(63(4,5)6)32-48-54-41-20-12-10-16-35(41)28-44(59(54)67(61)58(48)49)37-24-26-51-45(29-37)43-22-14-15-23-50(43)65(51)40-18-8-7-9-19-40/h7-34H,1-6H3. The maximum atomic E-state index is 5.66. The molecule has 6 aromatic heterocycles. The Morgan fingerprint density at radius 2 is 0.985 bits per heavy atom. The van der Waals surface area contributed by atoms with E-state index in [4.69, 9.17) is 4.98 Å². The molecular formula is C63H46N4. The van der Waals surface area contributed by atoms with E-state index in [2.05, 4.69) is 225 Å². The predicted molar refractivity (Wildman–Crippen MR) is 286 cm³/mol. The zero-order chi connectivity index (χ0) is 44.8. The summed E-state index contributed by atoms with van der Waals surface area (Å²) in [7, 11) is 0. The summed E-state index contributed by atoms with van der Waals surface area (Å²) in [6, 6.07) is 61.7. The lowest BCUT2D eigenvalue weighted by atomic mass is 9.84. The zero-order valence-electron chi connectivity index (χ0n) is 38.5. The highest BCUT2D eigenvalue weighted by atomic mass is 15.0. The number of rotatable bonds is 2. The van der Waals surface area contributed by atoms with E-state index in [0.29, 0.717) is 0 Å². The van der Waals surface area contributed by atoms with Crippen molar-refractivity contribution < 1.29 is 0 Å². The van der Waals surface area contributed by atoms with Crippen LogP contribution in [-0.4, -0.2) is 18.4 Å². The Balaban J connectivity index is 1.15. The summed E-state index contributed by atoms with van der Waals surface area (Å²) < 4.78 is 7.48. The molecule has 318 valence electrons. The highest BCUT2D eigenvalue weighted by Gasteiger charge is 2.30. The monoisotopic (exact) mass is 858 g/mol. The summed E-state index contributed by atoms with van der Waals surface area (Å²) in [6.45, 7) is 14.0. The van der Waals surface area contributed by atoms with Crippen LogP contribution in [0.3, 0.4) is 0 Å². The fourth-order valence-corrected chi connectivity index (χ4v) is 12.2. The summed E-state index contributed by atoms with van der Waals surface area (Å²) in [4.78, 5) is 5.66. The average Bonchev–Trinajstić information content (AvgIpc) is 4.13. The minimum atomic E-state index is -0.0996. The van der Waals surface area contributed by atoms with E-state index in [-0.39, 0.29) is 10.8 Å². The quantitative estimate of drug-likeness (QED) is 0.170. The molecule has 15 aromatic rings. The second-order valence-electron chi connectivity index (χ2n) is 21.2. The number of pyridine rings is 1. The number of benzene rings is 9. The third-order valence-electron chi connectivity index (χ3n) is 15.4. The van der Waals surface area contributed by atoms with Crippen molar-refractivity contribution in [3.8, 4) is 16.8 Å². The fraction of sp³-hybridized carbons (Fsp3) is 0.127. The summed E-state index contributed by atoms with van der Waals surface area (Å²) in [5.74, 6) is 0. The van der Waals surface area contributed by atoms with Gasteiger partial charge in [0.25, 0.3) is 0 Å². The van der Waals surface area contributed by atoms with Gasteiger partial charge in [-0.1, -0.05) is 139 Å². The Labute approximate surface area is 386 Å². The third-order valence-corrected chi connectivity index (χ3v) is 15.4. The van der Waals surface area contributed by atoms with Crippen LogP contribution in [0.5, 0.6) is 0 Å². The molecule has 0 saturated heterocycles. The summed E-state index contributed by atoms with van der Waals surface area (Å²) in [5, 5.41) is 17.8. The molecule has 4 heteroatoms. The van der Waals surface area contributed by atoms with Crippen LogP contribution in [-0.2, 0) is 10.8 Å². The van der Waals surface area contributed by atoms with Gasteiger partial charge >= 0.3 is 0 Å². The van der Waals surface area contributed by atoms with Crippen molar-refractivity contribution in [2.45, 2.75) is 52.4 Å². The van der Waals surface area contributed by atoms with E-state index < -0.39 is 0 Å². The second-order valence-corrected chi connectivity index (χ2v) is 21.2. The molecule has 0 fully saturated rings. The number of nitrogens with zero attached hydrogens (tertiary/aromatic N) is 4. The molecule has 0 atom stereocenters. The lowest BCUT2D eigenvalue weighted by Crippen LogP contribution is -2.10. The van der Waals surface area contributed by atoms with Gasteiger partial charge in [0.05, 0.1) is 44.8 Å². The number of hydrogen-bond donors (Lipinski definition) is 0. The average molecular weight is 859 g/mol. The van der Waals surface area contributed by atoms with Crippen LogP contribution >= 0.6 is 0 Å². The third kappa shape index (κ3) is 4.74. The van der Waals surface area contributed by atoms with Crippen LogP contribution in [0.2, 0.25) is 0 Å². The molecule has 15 rings (SSSR count). The van der Waals surface area contributed by atoms with Crippen LogP contribution < -0.4 is 0 Å². The van der Waals surface area contributed by atoms with E-state index in [1.807, 2.05) is 0 Å². The molecule has 0 bridgehead atoms. The molecule has 0 aliphatic carbocycles. The zero-order valence-corrected chi connectivity index (χ0v) is 38.5. The van der Waals surface area contributed by atoms with Crippen LogP contribution in [0, 0.1) is 0 Å². The van der Waals surface area contributed by atoms with Crippen molar-refractivity contribution in [2.75, 3.05) is 0 Å². The van der Waals surface area contributed by atoms with E-state index in [1.54, 1.807) is 0 Å². The van der Waals surface area contributed by atoms with Gasteiger partial charge in [0, 0.05) is 65.1 Å². The summed E-state index contributed by atoms with van der Waals surface area (Å²) >= 11 is 0. The number of aromatic nitrogens is 4. The van der Waals surface area contributed by atoms with Gasteiger partial charge in [-0.25, -0.2) is 4.98 Å². The molecule has 0 aliphatic rings. The van der Waals surface area contributed by atoms with Gasteiger partial charge in [0.1, 0.15) is 5.65 Å². The Bertz CT molecular complexity index is 4620. The van der Waals surface area contributed by atoms with Gasteiger partial charge in [-0.3, -0.25) is 4.40 Å². The fourth-order valence-electron chi connectivity index (χ4n) is 12.2. The number of hydrogen-bond acceptors (Lipinski definition) is 1. The lowest BCUT2D eigenvalue weighted by molar-refractivity contribution is 0.591. The second kappa shape index (κ2) is 12.5. The van der Waals surface area contributed by atoms with Gasteiger partial charge < -0.3 is 8.97 Å². The molecule has 0 N–H and O–H groups in total. The van der Waals surface area contributed by atoms with E-state index in [1.165, 1.54) is 131 Å². The summed E-state index contributed by atoms with van der Waals surface area (Å²) in [6.07, 6.45) is 2.18. The van der Waals surface area contributed by atoms with Crippen molar-refractivity contribution in [1.29, 1.82) is 0 Å². The molecule has 9 aromatic carbocycles. The Hall–Kier alpha value is -7.95. The van der Waals surface area contributed by atoms with Crippen molar-refractivity contribution in [2.24, 2.45) is 0 Å². The van der Waals surface area contributed by atoms with E-state index >= 15 is 0 Å². The molecule has 6 heterocycles. The molecule has 0 saturated carbocycles. The van der Waals surface area contributed by atoms with Crippen LogP contribution in [0.1, 0.15) is 52.7 Å². The first kappa shape index (κ1) is 37.3. The van der Waals surface area contributed by atoms with Crippen molar-refractivity contribution in [1.82, 2.24) is 18.4 Å². The summed E-state index contributed by atoms with van der Waals surface area (Å²) in [5.41, 5.74) is 15.7. The van der Waals surface area contributed by atoms with Crippen molar-refractivity contribution in [3.05, 3.63) is 181 Å². The minimum absolute atomic E-state index is 0.0311. The topological polar surface area (TPSA) is 26.6 Å². The van der Waals surface area contributed by atoms with Crippen LogP contribution in [0.25, 0.3) is 136 Å². The smallest absolute Gasteiger partial charge is 0.146 e. The van der Waals surface area contributed by atoms with Gasteiger partial charge in [-0.15, -0.1) is 0 Å². The van der Waals surface area contributed by atoms with E-state index in [0.717, 1.165) is 16.9 Å². The Morgan fingerprint density at radius 1 is 0.373 bits per heavy atom. The van der Waals surface area contributed by atoms with Gasteiger partial charge in [0.2, 0.25) is 0 Å². The SMILES string of the molecule is CC(C)(C)c1ccc2c(c1)c1cc3ccccc3c3c4c5c6cc(C(C)(C)C)cc7c8c9ccccc9cc(-c9ccc%10c(c9)c9ccccc9n%10-c9ccccc9)c8n(c5ncc4n2c13)c67. The highest BCUT2D eigenvalue weighted by Crippen LogP contribution is 2.52. The van der Waals surface area contributed by atoms with Crippen molar-refractivity contribution in [3.63, 3.8) is 0 Å².